The Morgan fingerprint density at radius 2 is 1.93 bits per heavy atom. The summed E-state index contributed by atoms with van der Waals surface area (Å²) < 4.78 is 2.11. The van der Waals surface area contributed by atoms with Crippen LogP contribution in [-0.2, 0) is 6.54 Å². The highest BCUT2D eigenvalue weighted by atomic mass is 16.1. The fraction of sp³-hybridized carbons (Fsp3) is 0.350. The van der Waals surface area contributed by atoms with E-state index in [0.717, 1.165) is 24.2 Å². The second-order valence-corrected chi connectivity index (χ2v) is 7.04. The molecule has 0 bridgehead atoms. The van der Waals surface area contributed by atoms with E-state index in [0.29, 0.717) is 29.7 Å². The topological polar surface area (TPSA) is 112 Å². The van der Waals surface area contributed by atoms with Gasteiger partial charge in [-0.05, 0) is 25.0 Å². The molecule has 0 atom stereocenters. The number of nitrogens with zero attached hydrogens (tertiary/aromatic N) is 5. The van der Waals surface area contributed by atoms with Gasteiger partial charge in [0, 0.05) is 17.2 Å². The van der Waals surface area contributed by atoms with Crippen molar-refractivity contribution < 1.29 is 4.79 Å². The molecule has 1 aliphatic rings. The third kappa shape index (κ3) is 4.00. The zero-order valence-corrected chi connectivity index (χ0v) is 15.6. The highest BCUT2D eigenvalue weighted by molar-refractivity contribution is 5.94. The quantitative estimate of drug-likeness (QED) is 0.707. The van der Waals surface area contributed by atoms with Gasteiger partial charge >= 0.3 is 0 Å². The van der Waals surface area contributed by atoms with Gasteiger partial charge in [0.15, 0.2) is 5.82 Å². The average molecular weight is 377 g/mol. The van der Waals surface area contributed by atoms with Gasteiger partial charge in [0.2, 0.25) is 0 Å². The summed E-state index contributed by atoms with van der Waals surface area (Å²) in [6, 6.07) is 7.64. The van der Waals surface area contributed by atoms with Gasteiger partial charge in [-0.3, -0.25) is 9.78 Å². The molecule has 2 aromatic heterocycles. The molecule has 1 aromatic carbocycles. The predicted octanol–water partition coefficient (Wildman–Crippen LogP) is 2.75. The Hall–Kier alpha value is -3.29. The summed E-state index contributed by atoms with van der Waals surface area (Å²) in [5.74, 6) is 1.01. The van der Waals surface area contributed by atoms with Crippen molar-refractivity contribution in [1.29, 1.82) is 0 Å². The van der Waals surface area contributed by atoms with Crippen LogP contribution < -0.4 is 11.1 Å². The number of aromatic nitrogens is 5. The molecule has 4 rings (SSSR count). The number of nitrogen functional groups attached to an aromatic ring is 1. The Bertz CT molecular complexity index is 945. The molecule has 2 heterocycles. The second kappa shape index (κ2) is 8.16. The Morgan fingerprint density at radius 1 is 1.14 bits per heavy atom. The molecule has 28 heavy (non-hydrogen) atoms. The van der Waals surface area contributed by atoms with E-state index < -0.39 is 0 Å². The van der Waals surface area contributed by atoms with Crippen molar-refractivity contribution >= 4 is 11.7 Å². The molecule has 1 aliphatic carbocycles. The molecule has 0 aliphatic heterocycles. The molecule has 144 valence electrons. The molecular formula is C20H23N7O. The SMILES string of the molecule is Nc1cncc(-c2ccc(C(=O)NCc3nncn3C3CCCCC3)cc2)n1. The van der Waals surface area contributed by atoms with Gasteiger partial charge in [-0.15, -0.1) is 10.2 Å². The van der Waals surface area contributed by atoms with Crippen LogP contribution in [-0.4, -0.2) is 30.6 Å². The molecule has 1 fully saturated rings. The van der Waals surface area contributed by atoms with Crippen molar-refractivity contribution in [2.75, 3.05) is 5.73 Å². The fourth-order valence-electron chi connectivity index (χ4n) is 3.63. The van der Waals surface area contributed by atoms with Gasteiger partial charge in [0.05, 0.1) is 24.6 Å². The second-order valence-electron chi connectivity index (χ2n) is 7.04. The first-order valence-corrected chi connectivity index (χ1v) is 9.55. The van der Waals surface area contributed by atoms with Crippen LogP contribution in [0.25, 0.3) is 11.3 Å². The zero-order valence-electron chi connectivity index (χ0n) is 15.6. The summed E-state index contributed by atoms with van der Waals surface area (Å²) in [5.41, 5.74) is 7.78. The number of carbonyl (C=O) groups excluding carboxylic acids is 1. The van der Waals surface area contributed by atoms with Gasteiger partial charge < -0.3 is 15.6 Å². The maximum atomic E-state index is 12.5. The van der Waals surface area contributed by atoms with E-state index in [1.165, 1.54) is 25.5 Å². The van der Waals surface area contributed by atoms with Crippen molar-refractivity contribution in [3.63, 3.8) is 0 Å². The first kappa shape index (κ1) is 18.1. The molecule has 8 nitrogen and oxygen atoms in total. The van der Waals surface area contributed by atoms with Crippen LogP contribution in [0.3, 0.4) is 0 Å². The number of nitrogens with one attached hydrogen (secondary N) is 1. The lowest BCUT2D eigenvalue weighted by molar-refractivity contribution is 0.0949. The van der Waals surface area contributed by atoms with Gasteiger partial charge in [0.25, 0.3) is 5.91 Å². The molecule has 1 amide bonds. The molecule has 3 aromatic rings. The number of amides is 1. The van der Waals surface area contributed by atoms with Crippen LogP contribution in [0.5, 0.6) is 0 Å². The Balaban J connectivity index is 1.40. The first-order valence-electron chi connectivity index (χ1n) is 9.55. The maximum absolute atomic E-state index is 12.5. The normalized spacial score (nSPS) is 14.7. The van der Waals surface area contributed by atoms with E-state index in [1.807, 2.05) is 12.1 Å². The fourth-order valence-corrected chi connectivity index (χ4v) is 3.63. The van der Waals surface area contributed by atoms with E-state index in [4.69, 9.17) is 5.73 Å². The summed E-state index contributed by atoms with van der Waals surface area (Å²) in [6.45, 7) is 0.359. The van der Waals surface area contributed by atoms with Crippen LogP contribution in [0, 0.1) is 0 Å². The number of rotatable bonds is 5. The van der Waals surface area contributed by atoms with Crippen LogP contribution in [0.1, 0.15) is 54.3 Å². The first-order chi connectivity index (χ1) is 13.7. The Kier molecular flexibility index (Phi) is 5.27. The smallest absolute Gasteiger partial charge is 0.251 e. The van der Waals surface area contributed by atoms with Crippen molar-refractivity contribution in [2.45, 2.75) is 44.7 Å². The van der Waals surface area contributed by atoms with Crippen molar-refractivity contribution in [1.82, 2.24) is 30.0 Å². The molecule has 1 saturated carbocycles. The highest BCUT2D eigenvalue weighted by Gasteiger charge is 2.19. The lowest BCUT2D eigenvalue weighted by atomic mass is 9.95. The van der Waals surface area contributed by atoms with E-state index in [9.17, 15) is 4.79 Å². The monoisotopic (exact) mass is 377 g/mol. The van der Waals surface area contributed by atoms with Gasteiger partial charge in [-0.25, -0.2) is 4.98 Å². The van der Waals surface area contributed by atoms with Crippen LogP contribution in [0.4, 0.5) is 5.82 Å². The van der Waals surface area contributed by atoms with E-state index >= 15 is 0 Å². The Morgan fingerprint density at radius 3 is 2.68 bits per heavy atom. The lowest BCUT2D eigenvalue weighted by Gasteiger charge is -2.24. The van der Waals surface area contributed by atoms with Crippen molar-refractivity contribution in [3.8, 4) is 11.3 Å². The largest absolute Gasteiger partial charge is 0.382 e. The van der Waals surface area contributed by atoms with E-state index in [-0.39, 0.29) is 5.91 Å². The molecule has 8 heteroatoms. The minimum Gasteiger partial charge on any atom is -0.382 e. The van der Waals surface area contributed by atoms with E-state index in [1.54, 1.807) is 24.7 Å². The van der Waals surface area contributed by atoms with Crippen LogP contribution in [0.2, 0.25) is 0 Å². The standard InChI is InChI=1S/C20H23N7O/c21-18-11-22-10-17(25-18)14-6-8-15(9-7-14)20(28)23-12-19-26-24-13-27(19)16-4-2-1-3-5-16/h6-11,13,16H,1-5,12H2,(H2,21,25)(H,23,28). The summed E-state index contributed by atoms with van der Waals surface area (Å²) >= 11 is 0. The van der Waals surface area contributed by atoms with Crippen molar-refractivity contribution in [2.24, 2.45) is 0 Å². The number of hydrogen-bond donors (Lipinski definition) is 2. The third-order valence-corrected chi connectivity index (χ3v) is 5.12. The van der Waals surface area contributed by atoms with Gasteiger partial charge in [-0.2, -0.15) is 0 Å². The highest BCUT2D eigenvalue weighted by Crippen LogP contribution is 2.28. The van der Waals surface area contributed by atoms with Gasteiger partial charge in [-0.1, -0.05) is 31.4 Å². The zero-order chi connectivity index (χ0) is 19.3. The molecular weight excluding hydrogens is 354 g/mol. The number of nitrogens with two attached hydrogens (primary N) is 1. The summed E-state index contributed by atoms with van der Waals surface area (Å²) in [5, 5.41) is 11.2. The summed E-state index contributed by atoms with van der Waals surface area (Å²) in [6.07, 6.45) is 11.0. The number of carbonyl (C=O) groups is 1. The van der Waals surface area contributed by atoms with Gasteiger partial charge in [0.1, 0.15) is 12.1 Å². The predicted molar refractivity (Wildman–Crippen MR) is 105 cm³/mol. The lowest BCUT2D eigenvalue weighted by Crippen LogP contribution is -2.26. The molecule has 0 saturated heterocycles. The number of benzene rings is 1. The summed E-state index contributed by atoms with van der Waals surface area (Å²) in [4.78, 5) is 20.8. The average Bonchev–Trinajstić information content (AvgIpc) is 3.21. The minimum absolute atomic E-state index is 0.150. The summed E-state index contributed by atoms with van der Waals surface area (Å²) in [7, 11) is 0. The third-order valence-electron chi connectivity index (χ3n) is 5.12. The molecule has 0 radical (unpaired) electrons. The molecule has 0 unspecified atom stereocenters. The molecule has 0 spiro atoms. The maximum Gasteiger partial charge on any atom is 0.251 e. The van der Waals surface area contributed by atoms with E-state index in [2.05, 4.69) is 30.0 Å². The van der Waals surface area contributed by atoms with Crippen LogP contribution in [0.15, 0.2) is 43.0 Å². The number of hydrogen-bond acceptors (Lipinski definition) is 6. The molecule has 3 N–H and O–H groups in total. The van der Waals surface area contributed by atoms with Crippen LogP contribution >= 0.6 is 0 Å². The van der Waals surface area contributed by atoms with Crippen molar-refractivity contribution in [3.05, 3.63) is 54.4 Å². The minimum atomic E-state index is -0.150. The number of anilines is 1. The Labute approximate surface area is 163 Å².